The minimum atomic E-state index is 0.555. The molecule has 0 unspecified atom stereocenters. The van der Waals surface area contributed by atoms with Crippen LogP contribution in [0.4, 0.5) is 5.82 Å². The Morgan fingerprint density at radius 2 is 2.27 bits per heavy atom. The Morgan fingerprint density at radius 1 is 1.36 bits per heavy atom. The Kier molecular flexibility index (Phi) is 3.20. The van der Waals surface area contributed by atoms with Gasteiger partial charge in [0.05, 0.1) is 15.4 Å². The highest BCUT2D eigenvalue weighted by Crippen LogP contribution is 2.33. The largest absolute Gasteiger partial charge is 0.313 e. The molecule has 0 saturated heterocycles. The Balaban J connectivity index is 1.85. The fourth-order valence-electron chi connectivity index (χ4n) is 2.54. The molecule has 1 N–H and O–H groups in total. The standard InChI is InChI=1S/C15H11ClN4OS/c16-10-6-15(18-8-21)20-12(10)2-1-11(19-20)13-5-9-3-4-17-7-14(9)22-13/h1-2,5-8H,3-4H2,(H,18,21). The molecule has 0 aromatic carbocycles. The normalized spacial score (nSPS) is 13.3. The molecule has 3 aromatic rings. The van der Waals surface area contributed by atoms with Gasteiger partial charge in [0, 0.05) is 23.7 Å². The fourth-order valence-corrected chi connectivity index (χ4v) is 3.86. The average Bonchev–Trinajstić information content (AvgIpc) is 3.09. The summed E-state index contributed by atoms with van der Waals surface area (Å²) in [5.74, 6) is 0.555. The molecule has 0 saturated carbocycles. The quantitative estimate of drug-likeness (QED) is 0.749. The molecule has 0 aliphatic carbocycles. The number of carbonyl (C=O) groups is 1. The van der Waals surface area contributed by atoms with Crippen LogP contribution in [-0.4, -0.2) is 28.8 Å². The van der Waals surface area contributed by atoms with Gasteiger partial charge >= 0.3 is 0 Å². The zero-order chi connectivity index (χ0) is 15.1. The SMILES string of the molecule is O=CNc1cc(Cl)c2ccc(-c3cc4c(s3)C=NCC4)nn12. The summed E-state index contributed by atoms with van der Waals surface area (Å²) in [6.07, 6.45) is 3.52. The molecule has 4 heterocycles. The molecule has 0 bridgehead atoms. The molecule has 4 rings (SSSR count). The van der Waals surface area contributed by atoms with E-state index in [1.807, 2.05) is 18.3 Å². The number of amides is 1. The van der Waals surface area contributed by atoms with Crippen molar-refractivity contribution in [3.05, 3.63) is 39.7 Å². The van der Waals surface area contributed by atoms with Crippen molar-refractivity contribution in [1.82, 2.24) is 9.61 Å². The molecule has 3 aromatic heterocycles. The van der Waals surface area contributed by atoms with Crippen molar-refractivity contribution in [2.45, 2.75) is 6.42 Å². The average molecular weight is 331 g/mol. The predicted molar refractivity (Wildman–Crippen MR) is 89.4 cm³/mol. The summed E-state index contributed by atoms with van der Waals surface area (Å²) in [5.41, 5.74) is 2.92. The van der Waals surface area contributed by atoms with E-state index in [9.17, 15) is 4.79 Å². The van der Waals surface area contributed by atoms with E-state index in [1.54, 1.807) is 21.9 Å². The van der Waals surface area contributed by atoms with Crippen molar-refractivity contribution >= 4 is 46.9 Å². The molecule has 22 heavy (non-hydrogen) atoms. The lowest BCUT2D eigenvalue weighted by Crippen LogP contribution is -2.01. The van der Waals surface area contributed by atoms with Crippen LogP contribution >= 0.6 is 22.9 Å². The first-order valence-electron chi connectivity index (χ1n) is 6.77. The first-order chi connectivity index (χ1) is 10.8. The van der Waals surface area contributed by atoms with Crippen molar-refractivity contribution in [3.8, 4) is 10.6 Å². The molecule has 0 radical (unpaired) electrons. The number of hydrogen-bond donors (Lipinski definition) is 1. The highest BCUT2D eigenvalue weighted by Gasteiger charge is 2.14. The number of aromatic nitrogens is 2. The molecule has 1 aliphatic heterocycles. The number of carbonyl (C=O) groups excluding carboxylic acids is 1. The lowest BCUT2D eigenvalue weighted by Gasteiger charge is -2.02. The number of fused-ring (bicyclic) bond motifs is 2. The van der Waals surface area contributed by atoms with Gasteiger partial charge in [0.15, 0.2) is 0 Å². The highest BCUT2D eigenvalue weighted by molar-refractivity contribution is 7.17. The van der Waals surface area contributed by atoms with Crippen LogP contribution in [0.3, 0.4) is 0 Å². The van der Waals surface area contributed by atoms with Gasteiger partial charge in [0.25, 0.3) is 0 Å². The smallest absolute Gasteiger partial charge is 0.212 e. The van der Waals surface area contributed by atoms with Gasteiger partial charge in [-0.15, -0.1) is 11.3 Å². The van der Waals surface area contributed by atoms with Gasteiger partial charge in [-0.05, 0) is 30.2 Å². The Bertz CT molecular complexity index is 912. The van der Waals surface area contributed by atoms with E-state index in [2.05, 4.69) is 21.5 Å². The van der Waals surface area contributed by atoms with E-state index < -0.39 is 0 Å². The van der Waals surface area contributed by atoms with Crippen LogP contribution < -0.4 is 5.32 Å². The molecule has 1 amide bonds. The van der Waals surface area contributed by atoms with E-state index in [1.165, 1.54) is 10.4 Å². The second-order valence-electron chi connectivity index (χ2n) is 4.94. The van der Waals surface area contributed by atoms with Crippen molar-refractivity contribution < 1.29 is 4.79 Å². The summed E-state index contributed by atoms with van der Waals surface area (Å²) >= 11 is 7.84. The molecular weight excluding hydrogens is 320 g/mol. The van der Waals surface area contributed by atoms with Crippen LogP contribution in [0.15, 0.2) is 29.3 Å². The second-order valence-corrected chi connectivity index (χ2v) is 6.43. The van der Waals surface area contributed by atoms with Gasteiger partial charge in [0.1, 0.15) is 11.5 Å². The summed E-state index contributed by atoms with van der Waals surface area (Å²) < 4.78 is 1.65. The van der Waals surface area contributed by atoms with E-state index in [-0.39, 0.29) is 0 Å². The topological polar surface area (TPSA) is 58.8 Å². The monoisotopic (exact) mass is 330 g/mol. The third-order valence-corrected chi connectivity index (χ3v) is 5.03. The van der Waals surface area contributed by atoms with E-state index in [4.69, 9.17) is 11.6 Å². The number of halogens is 1. The summed E-state index contributed by atoms with van der Waals surface area (Å²) in [6, 6.07) is 7.71. The van der Waals surface area contributed by atoms with E-state index in [0.717, 1.165) is 29.1 Å². The predicted octanol–water partition coefficient (Wildman–Crippen LogP) is 3.26. The van der Waals surface area contributed by atoms with Gasteiger partial charge < -0.3 is 5.32 Å². The Morgan fingerprint density at radius 3 is 3.09 bits per heavy atom. The van der Waals surface area contributed by atoms with Gasteiger partial charge in [-0.25, -0.2) is 4.52 Å². The molecule has 7 heteroatoms. The van der Waals surface area contributed by atoms with Gasteiger partial charge in [-0.1, -0.05) is 11.6 Å². The molecule has 5 nitrogen and oxygen atoms in total. The Hall–Kier alpha value is -2.18. The van der Waals surface area contributed by atoms with Crippen molar-refractivity contribution in [3.63, 3.8) is 0 Å². The maximum absolute atomic E-state index is 10.7. The van der Waals surface area contributed by atoms with Crippen LogP contribution in [0.1, 0.15) is 10.4 Å². The van der Waals surface area contributed by atoms with E-state index >= 15 is 0 Å². The molecule has 1 aliphatic rings. The number of anilines is 1. The van der Waals surface area contributed by atoms with Crippen LogP contribution in [0.25, 0.3) is 16.1 Å². The fraction of sp³-hybridized carbons (Fsp3) is 0.133. The van der Waals surface area contributed by atoms with Gasteiger partial charge in [0.2, 0.25) is 6.41 Å². The maximum Gasteiger partial charge on any atom is 0.212 e. The van der Waals surface area contributed by atoms with Crippen molar-refractivity contribution in [2.75, 3.05) is 11.9 Å². The summed E-state index contributed by atoms with van der Waals surface area (Å²) in [7, 11) is 0. The maximum atomic E-state index is 10.7. The highest BCUT2D eigenvalue weighted by atomic mass is 35.5. The zero-order valence-electron chi connectivity index (χ0n) is 11.4. The molecule has 0 fully saturated rings. The minimum Gasteiger partial charge on any atom is -0.313 e. The molecule has 0 spiro atoms. The van der Waals surface area contributed by atoms with Crippen LogP contribution in [0.5, 0.6) is 0 Å². The van der Waals surface area contributed by atoms with Crippen LogP contribution in [0, 0.1) is 0 Å². The zero-order valence-corrected chi connectivity index (χ0v) is 13.0. The van der Waals surface area contributed by atoms with Crippen molar-refractivity contribution in [1.29, 1.82) is 0 Å². The molecule has 110 valence electrons. The summed E-state index contributed by atoms with van der Waals surface area (Å²) in [6.45, 7) is 0.844. The van der Waals surface area contributed by atoms with E-state index in [0.29, 0.717) is 17.3 Å². The lowest BCUT2D eigenvalue weighted by atomic mass is 10.1. The number of aliphatic imine (C=N–C) groups is 1. The van der Waals surface area contributed by atoms with Gasteiger partial charge in [-0.2, -0.15) is 5.10 Å². The third-order valence-electron chi connectivity index (χ3n) is 3.59. The van der Waals surface area contributed by atoms with Crippen molar-refractivity contribution in [2.24, 2.45) is 4.99 Å². The number of hydrogen-bond acceptors (Lipinski definition) is 4. The minimum absolute atomic E-state index is 0.555. The first-order valence-corrected chi connectivity index (χ1v) is 7.97. The number of nitrogens with one attached hydrogen (secondary N) is 1. The molecular formula is C15H11ClN4OS. The van der Waals surface area contributed by atoms with Gasteiger partial charge in [-0.3, -0.25) is 9.79 Å². The second kappa shape index (κ2) is 5.23. The Labute approximate surface area is 135 Å². The first kappa shape index (κ1) is 13.5. The number of nitrogens with zero attached hydrogens (tertiary/aromatic N) is 3. The van der Waals surface area contributed by atoms with Crippen LogP contribution in [-0.2, 0) is 11.2 Å². The lowest BCUT2D eigenvalue weighted by molar-refractivity contribution is -0.105. The molecule has 0 atom stereocenters. The number of thiophene rings is 1. The summed E-state index contributed by atoms with van der Waals surface area (Å²) in [5, 5.41) is 7.78. The van der Waals surface area contributed by atoms with Crippen LogP contribution in [0.2, 0.25) is 5.02 Å². The summed E-state index contributed by atoms with van der Waals surface area (Å²) in [4.78, 5) is 17.3. The third kappa shape index (κ3) is 2.12. The number of rotatable bonds is 3.